The molecule has 7 rings (SSSR count). The van der Waals surface area contributed by atoms with E-state index in [1.54, 1.807) is 17.2 Å². The van der Waals surface area contributed by atoms with Crippen LogP contribution in [0.1, 0.15) is 16.9 Å². The zero-order chi connectivity index (χ0) is 29.2. The number of fused-ring (bicyclic) bond motifs is 1. The van der Waals surface area contributed by atoms with Gasteiger partial charge in [-0.3, -0.25) is 9.69 Å². The van der Waals surface area contributed by atoms with Crippen LogP contribution < -0.4 is 4.74 Å². The molecule has 1 amide bonds. The van der Waals surface area contributed by atoms with E-state index in [1.165, 1.54) is 22.5 Å². The maximum atomic E-state index is 13.4. The van der Waals surface area contributed by atoms with Crippen LogP contribution in [0.3, 0.4) is 0 Å². The Kier molecular flexibility index (Phi) is 7.37. The summed E-state index contributed by atoms with van der Waals surface area (Å²) in [5.74, 6) is 1.29. The number of carbonyl (C=O) groups is 1. The number of rotatable bonds is 8. The number of benzene rings is 4. The molecule has 3 heterocycles. The Balaban J connectivity index is 1.17. The Morgan fingerprint density at radius 1 is 0.884 bits per heavy atom. The summed E-state index contributed by atoms with van der Waals surface area (Å²) in [6.07, 6.45) is 5.40. The summed E-state index contributed by atoms with van der Waals surface area (Å²) in [4.78, 5) is 15.5. The number of carbonyl (C=O) groups excluding carboxylic acids is 1. The van der Waals surface area contributed by atoms with Gasteiger partial charge in [0.05, 0.1) is 29.1 Å². The summed E-state index contributed by atoms with van der Waals surface area (Å²) < 4.78 is 13.9. The third-order valence-electron chi connectivity index (χ3n) is 7.22. The number of para-hydroxylation sites is 1. The molecule has 0 saturated carbocycles. The smallest absolute Gasteiger partial charge is 0.266 e. The lowest BCUT2D eigenvalue weighted by molar-refractivity contribution is -0.122. The van der Waals surface area contributed by atoms with Crippen molar-refractivity contribution < 1.29 is 13.9 Å². The van der Waals surface area contributed by atoms with E-state index in [2.05, 4.69) is 30.3 Å². The number of hydrogen-bond acceptors (Lipinski definition) is 6. The molecule has 0 spiro atoms. The van der Waals surface area contributed by atoms with Crippen LogP contribution in [0.25, 0.3) is 33.8 Å². The van der Waals surface area contributed by atoms with E-state index in [0.717, 1.165) is 33.8 Å². The highest BCUT2D eigenvalue weighted by atomic mass is 32.2. The van der Waals surface area contributed by atoms with Gasteiger partial charge in [0.15, 0.2) is 0 Å². The average Bonchev–Trinajstić information content (AvgIpc) is 3.78. The van der Waals surface area contributed by atoms with Crippen molar-refractivity contribution in [2.45, 2.75) is 13.2 Å². The van der Waals surface area contributed by atoms with Crippen molar-refractivity contribution in [3.8, 4) is 22.7 Å². The van der Waals surface area contributed by atoms with Crippen LogP contribution >= 0.6 is 24.0 Å². The van der Waals surface area contributed by atoms with Crippen LogP contribution in [-0.4, -0.2) is 24.9 Å². The Bertz CT molecular complexity index is 1960. The molecule has 1 saturated heterocycles. The molecule has 0 radical (unpaired) electrons. The van der Waals surface area contributed by atoms with E-state index in [-0.39, 0.29) is 5.91 Å². The van der Waals surface area contributed by atoms with Crippen LogP contribution in [0.2, 0.25) is 0 Å². The van der Waals surface area contributed by atoms with E-state index in [9.17, 15) is 4.79 Å². The highest BCUT2D eigenvalue weighted by molar-refractivity contribution is 8.26. The lowest BCUT2D eigenvalue weighted by Gasteiger charge is -2.11. The van der Waals surface area contributed by atoms with Gasteiger partial charge in [0.1, 0.15) is 22.4 Å². The number of nitrogens with zero attached hydrogens (tertiary/aromatic N) is 3. The Labute approximate surface area is 258 Å². The van der Waals surface area contributed by atoms with E-state index in [0.29, 0.717) is 28.1 Å². The normalized spacial score (nSPS) is 14.2. The van der Waals surface area contributed by atoms with Crippen LogP contribution in [0.5, 0.6) is 5.75 Å². The lowest BCUT2D eigenvalue weighted by Crippen LogP contribution is -2.27. The predicted octanol–water partition coefficient (Wildman–Crippen LogP) is 8.27. The van der Waals surface area contributed by atoms with E-state index in [4.69, 9.17) is 26.5 Å². The number of thioether (sulfide) groups is 1. The van der Waals surface area contributed by atoms with Gasteiger partial charge < -0.3 is 9.15 Å². The van der Waals surface area contributed by atoms with E-state index in [1.807, 2.05) is 89.8 Å². The second-order valence-electron chi connectivity index (χ2n) is 10.0. The second kappa shape index (κ2) is 11.8. The minimum atomic E-state index is -0.151. The highest BCUT2D eigenvalue weighted by Crippen LogP contribution is 2.36. The van der Waals surface area contributed by atoms with Gasteiger partial charge in [0.2, 0.25) is 0 Å². The molecule has 0 atom stereocenters. The summed E-state index contributed by atoms with van der Waals surface area (Å²) in [6.45, 7) is 0.764. The molecule has 1 aliphatic heterocycles. The number of hydrogen-bond donors (Lipinski definition) is 0. The van der Waals surface area contributed by atoms with Gasteiger partial charge in [0.25, 0.3) is 5.91 Å². The molecular weight excluding hydrogens is 575 g/mol. The minimum Gasteiger partial charge on any atom is -0.489 e. The van der Waals surface area contributed by atoms with Gasteiger partial charge in [-0.25, -0.2) is 4.68 Å². The molecular formula is C35H25N3O3S2. The average molecular weight is 600 g/mol. The molecule has 1 fully saturated rings. The zero-order valence-corrected chi connectivity index (χ0v) is 24.6. The summed E-state index contributed by atoms with van der Waals surface area (Å²) in [7, 11) is 0. The first kappa shape index (κ1) is 26.9. The van der Waals surface area contributed by atoms with Crippen molar-refractivity contribution in [2.75, 3.05) is 0 Å². The maximum Gasteiger partial charge on any atom is 0.266 e. The van der Waals surface area contributed by atoms with Crippen molar-refractivity contribution in [3.63, 3.8) is 0 Å². The quantitative estimate of drug-likeness (QED) is 0.130. The molecule has 210 valence electrons. The van der Waals surface area contributed by atoms with Crippen LogP contribution in [0.4, 0.5) is 0 Å². The molecule has 0 aliphatic carbocycles. The van der Waals surface area contributed by atoms with Gasteiger partial charge in [-0.05, 0) is 70.9 Å². The summed E-state index contributed by atoms with van der Waals surface area (Å²) in [5.41, 5.74) is 4.52. The number of aromatic nitrogens is 2. The SMILES string of the molecule is O=C1C(=Cc2cn(-c3ccccc3)nc2-c2ccc(OCc3cccc4ccccc34)cc2)SC(=S)N1Cc1ccco1. The van der Waals surface area contributed by atoms with Crippen LogP contribution in [0.15, 0.2) is 131 Å². The third-order valence-corrected chi connectivity index (χ3v) is 8.60. The summed E-state index contributed by atoms with van der Waals surface area (Å²) >= 11 is 6.83. The third kappa shape index (κ3) is 5.62. The molecule has 1 aliphatic rings. The highest BCUT2D eigenvalue weighted by Gasteiger charge is 2.33. The van der Waals surface area contributed by atoms with Crippen LogP contribution in [0, 0.1) is 0 Å². The monoisotopic (exact) mass is 599 g/mol. The first-order chi connectivity index (χ1) is 21.1. The van der Waals surface area contributed by atoms with Crippen molar-refractivity contribution >= 4 is 51.1 Å². The first-order valence-corrected chi connectivity index (χ1v) is 15.0. The van der Waals surface area contributed by atoms with Gasteiger partial charge in [0, 0.05) is 17.3 Å². The largest absolute Gasteiger partial charge is 0.489 e. The van der Waals surface area contributed by atoms with Gasteiger partial charge in [-0.15, -0.1) is 0 Å². The van der Waals surface area contributed by atoms with Gasteiger partial charge >= 0.3 is 0 Å². The fourth-order valence-corrected chi connectivity index (χ4v) is 6.30. The number of ether oxygens (including phenoxy) is 1. The molecule has 0 bridgehead atoms. The van der Waals surface area contributed by atoms with Gasteiger partial charge in [-0.2, -0.15) is 5.10 Å². The minimum absolute atomic E-state index is 0.151. The van der Waals surface area contributed by atoms with Crippen molar-refractivity contribution in [3.05, 3.63) is 143 Å². The molecule has 2 aromatic heterocycles. The Hall–Kier alpha value is -4.92. The fraction of sp³-hybridized carbons (Fsp3) is 0.0571. The first-order valence-electron chi connectivity index (χ1n) is 13.7. The number of thiocarbonyl (C=S) groups is 1. The molecule has 6 nitrogen and oxygen atoms in total. The Morgan fingerprint density at radius 2 is 1.67 bits per heavy atom. The lowest BCUT2D eigenvalue weighted by atomic mass is 10.1. The van der Waals surface area contributed by atoms with Crippen molar-refractivity contribution in [1.82, 2.24) is 14.7 Å². The topological polar surface area (TPSA) is 60.5 Å². The number of furan rings is 1. The predicted molar refractivity (Wildman–Crippen MR) is 175 cm³/mol. The molecule has 6 aromatic rings. The van der Waals surface area contributed by atoms with E-state index >= 15 is 0 Å². The van der Waals surface area contributed by atoms with Crippen LogP contribution in [-0.2, 0) is 17.9 Å². The van der Waals surface area contributed by atoms with Crippen molar-refractivity contribution in [2.24, 2.45) is 0 Å². The molecule has 8 heteroatoms. The zero-order valence-electron chi connectivity index (χ0n) is 22.9. The van der Waals surface area contributed by atoms with Crippen molar-refractivity contribution in [1.29, 1.82) is 0 Å². The molecule has 4 aromatic carbocycles. The number of amides is 1. The standard InChI is InChI=1S/C35H25N3O3S2/c39-34-32(43-35(42)37(34)22-30-13-7-19-40-30)20-27-21-38(28-11-2-1-3-12-28)36-33(27)25-15-17-29(18-16-25)41-23-26-10-6-9-24-8-4-5-14-31(24)26/h1-21H,22-23H2. The summed E-state index contributed by atoms with van der Waals surface area (Å²) in [5, 5.41) is 7.30. The molecule has 43 heavy (non-hydrogen) atoms. The second-order valence-corrected chi connectivity index (χ2v) is 11.7. The Morgan fingerprint density at radius 3 is 2.49 bits per heavy atom. The summed E-state index contributed by atoms with van der Waals surface area (Å²) in [6, 6.07) is 36.0. The van der Waals surface area contributed by atoms with Gasteiger partial charge in [-0.1, -0.05) is 84.6 Å². The molecule has 0 N–H and O–H groups in total. The molecule has 0 unspecified atom stereocenters. The maximum absolute atomic E-state index is 13.4. The fourth-order valence-electron chi connectivity index (χ4n) is 5.05. The van der Waals surface area contributed by atoms with E-state index < -0.39 is 0 Å².